The molecule has 1 fully saturated rings. The lowest BCUT2D eigenvalue weighted by Gasteiger charge is -2.28. The number of carbonyl (C=O) groups is 1. The van der Waals surface area contributed by atoms with Gasteiger partial charge in [0, 0.05) is 41.7 Å². The minimum atomic E-state index is 0.00660. The van der Waals surface area contributed by atoms with E-state index < -0.39 is 0 Å². The van der Waals surface area contributed by atoms with E-state index in [1.54, 1.807) is 0 Å². The Morgan fingerprint density at radius 3 is 2.89 bits per heavy atom. The Hall–Kier alpha value is -2.48. The number of nitrogens with zero attached hydrogens (tertiary/aromatic N) is 5. The number of rotatable bonds is 3. The van der Waals surface area contributed by atoms with E-state index in [4.69, 9.17) is 4.52 Å². The average molecular weight is 428 g/mol. The molecule has 3 heterocycles. The lowest BCUT2D eigenvalue weighted by Crippen LogP contribution is -2.36. The van der Waals surface area contributed by atoms with Crippen LogP contribution in [0, 0.1) is 0 Å². The zero-order valence-electron chi connectivity index (χ0n) is 14.9. The van der Waals surface area contributed by atoms with Crippen LogP contribution < -0.4 is 0 Å². The van der Waals surface area contributed by atoms with E-state index in [9.17, 15) is 4.79 Å². The second-order valence-corrected chi connectivity index (χ2v) is 7.94. The molecule has 0 N–H and O–H groups in total. The van der Waals surface area contributed by atoms with Crippen LogP contribution in [0.3, 0.4) is 0 Å². The minimum absolute atomic E-state index is 0.00660. The lowest BCUT2D eigenvalue weighted by molar-refractivity contribution is 0.0732. The second kappa shape index (κ2) is 6.30. The minimum Gasteiger partial charge on any atom is -0.334 e. The van der Waals surface area contributed by atoms with Gasteiger partial charge in [0.1, 0.15) is 0 Å². The average Bonchev–Trinajstić information content (AvgIpc) is 3.33. The number of aromatic nitrogens is 4. The summed E-state index contributed by atoms with van der Waals surface area (Å²) in [6, 6.07) is 7.50. The van der Waals surface area contributed by atoms with Crippen LogP contribution in [0.2, 0.25) is 0 Å². The van der Waals surface area contributed by atoms with E-state index in [0.29, 0.717) is 36.2 Å². The molecule has 1 aliphatic heterocycles. The van der Waals surface area contributed by atoms with Gasteiger partial charge in [-0.25, -0.2) is 0 Å². The van der Waals surface area contributed by atoms with E-state index >= 15 is 0 Å². The van der Waals surface area contributed by atoms with Crippen molar-refractivity contribution in [2.24, 2.45) is 7.05 Å². The summed E-state index contributed by atoms with van der Waals surface area (Å²) < 4.78 is 8.15. The zero-order valence-corrected chi connectivity index (χ0v) is 16.4. The standard InChI is InChI=1S/C19H18BrN5O2/c1-24-15-8-9-25(19(26)12-4-2-3-5-14(12)20)10-13(15)16(22-24)18-21-17(23-27-18)11-6-7-11/h2-5,11H,6-10H2,1H3. The van der Waals surface area contributed by atoms with Crippen LogP contribution in [0.5, 0.6) is 0 Å². The molecule has 7 nitrogen and oxygen atoms in total. The van der Waals surface area contributed by atoms with Crippen molar-refractivity contribution >= 4 is 21.8 Å². The SMILES string of the molecule is Cn1nc(-c2nc(C3CC3)no2)c2c1CCN(C(=O)c1ccccc1Br)C2. The van der Waals surface area contributed by atoms with E-state index in [0.717, 1.165) is 40.8 Å². The van der Waals surface area contributed by atoms with Gasteiger partial charge in [-0.2, -0.15) is 10.1 Å². The van der Waals surface area contributed by atoms with Crippen LogP contribution in [0.4, 0.5) is 0 Å². The monoisotopic (exact) mass is 427 g/mol. The quantitative estimate of drug-likeness (QED) is 0.640. The van der Waals surface area contributed by atoms with Crippen molar-refractivity contribution in [2.75, 3.05) is 6.54 Å². The first-order valence-corrected chi connectivity index (χ1v) is 9.83. The number of benzene rings is 1. The topological polar surface area (TPSA) is 77.1 Å². The number of hydrogen-bond acceptors (Lipinski definition) is 5. The van der Waals surface area contributed by atoms with Gasteiger partial charge in [0.2, 0.25) is 0 Å². The van der Waals surface area contributed by atoms with Gasteiger partial charge < -0.3 is 9.42 Å². The first-order chi connectivity index (χ1) is 13.1. The van der Waals surface area contributed by atoms with E-state index in [2.05, 4.69) is 31.2 Å². The van der Waals surface area contributed by atoms with Crippen LogP contribution in [-0.4, -0.2) is 37.3 Å². The van der Waals surface area contributed by atoms with Crippen LogP contribution in [0.15, 0.2) is 33.3 Å². The molecule has 2 aromatic heterocycles. The second-order valence-electron chi connectivity index (χ2n) is 7.09. The fraction of sp³-hybridized carbons (Fsp3) is 0.368. The maximum absolute atomic E-state index is 13.0. The summed E-state index contributed by atoms with van der Waals surface area (Å²) in [5, 5.41) is 8.72. The zero-order chi connectivity index (χ0) is 18.5. The summed E-state index contributed by atoms with van der Waals surface area (Å²) in [4.78, 5) is 19.4. The fourth-order valence-electron chi connectivity index (χ4n) is 3.58. The first-order valence-electron chi connectivity index (χ1n) is 9.04. The third-order valence-corrected chi connectivity index (χ3v) is 5.91. The molecule has 5 rings (SSSR count). The van der Waals surface area contributed by atoms with Crippen molar-refractivity contribution in [3.63, 3.8) is 0 Å². The summed E-state index contributed by atoms with van der Waals surface area (Å²) in [7, 11) is 1.92. The van der Waals surface area contributed by atoms with Crippen LogP contribution in [-0.2, 0) is 20.0 Å². The predicted octanol–water partition coefficient (Wildman–Crippen LogP) is 3.31. The third kappa shape index (κ3) is 2.88. The summed E-state index contributed by atoms with van der Waals surface area (Å²) in [5.41, 5.74) is 3.47. The highest BCUT2D eigenvalue weighted by Crippen LogP contribution is 2.39. The Balaban J connectivity index is 1.47. The van der Waals surface area contributed by atoms with Gasteiger partial charge in [-0.15, -0.1) is 0 Å². The van der Waals surface area contributed by atoms with Crippen LogP contribution in [0.1, 0.15) is 46.2 Å². The Morgan fingerprint density at radius 2 is 2.11 bits per heavy atom. The molecular formula is C19H18BrN5O2. The highest BCUT2D eigenvalue weighted by molar-refractivity contribution is 9.10. The molecule has 0 bridgehead atoms. The molecule has 0 saturated heterocycles. The Morgan fingerprint density at radius 1 is 1.30 bits per heavy atom. The molecular weight excluding hydrogens is 410 g/mol. The van der Waals surface area contributed by atoms with E-state index in [1.165, 1.54) is 0 Å². The fourth-order valence-corrected chi connectivity index (χ4v) is 4.04. The highest BCUT2D eigenvalue weighted by atomic mass is 79.9. The molecule has 0 unspecified atom stereocenters. The van der Waals surface area contributed by atoms with Gasteiger partial charge in [-0.3, -0.25) is 9.48 Å². The van der Waals surface area contributed by atoms with Gasteiger partial charge in [0.15, 0.2) is 11.5 Å². The van der Waals surface area contributed by atoms with E-state index in [1.807, 2.05) is 40.9 Å². The number of hydrogen-bond donors (Lipinski definition) is 0. The molecule has 2 aliphatic rings. The van der Waals surface area contributed by atoms with Crippen molar-refractivity contribution in [3.8, 4) is 11.6 Å². The highest BCUT2D eigenvalue weighted by Gasteiger charge is 2.33. The maximum Gasteiger partial charge on any atom is 0.278 e. The van der Waals surface area contributed by atoms with E-state index in [-0.39, 0.29) is 5.91 Å². The number of carbonyl (C=O) groups excluding carboxylic acids is 1. The molecule has 0 radical (unpaired) electrons. The molecule has 0 atom stereocenters. The number of aryl methyl sites for hydroxylation is 1. The van der Waals surface area contributed by atoms with Gasteiger partial charge in [-0.1, -0.05) is 17.3 Å². The summed E-state index contributed by atoms with van der Waals surface area (Å²) >= 11 is 3.48. The number of amides is 1. The van der Waals surface area contributed by atoms with Crippen molar-refractivity contribution in [1.82, 2.24) is 24.8 Å². The van der Waals surface area contributed by atoms with Crippen molar-refractivity contribution < 1.29 is 9.32 Å². The molecule has 1 saturated carbocycles. The first kappa shape index (κ1) is 16.7. The Bertz CT molecular complexity index is 1040. The summed E-state index contributed by atoms with van der Waals surface area (Å²) in [5.74, 6) is 1.65. The molecule has 8 heteroatoms. The molecule has 1 aliphatic carbocycles. The van der Waals surface area contributed by atoms with Crippen molar-refractivity contribution in [1.29, 1.82) is 0 Å². The smallest absolute Gasteiger partial charge is 0.278 e. The van der Waals surface area contributed by atoms with Crippen molar-refractivity contribution in [2.45, 2.75) is 31.7 Å². The molecule has 1 aromatic carbocycles. The maximum atomic E-state index is 13.0. The third-order valence-electron chi connectivity index (χ3n) is 5.22. The van der Waals surface area contributed by atoms with Gasteiger partial charge >= 0.3 is 0 Å². The summed E-state index contributed by atoms with van der Waals surface area (Å²) in [6.07, 6.45) is 2.99. The largest absolute Gasteiger partial charge is 0.334 e. The molecule has 27 heavy (non-hydrogen) atoms. The normalized spacial score (nSPS) is 16.4. The molecule has 1 amide bonds. The summed E-state index contributed by atoms with van der Waals surface area (Å²) in [6.45, 7) is 1.14. The Kier molecular flexibility index (Phi) is 3.89. The molecule has 138 valence electrons. The number of halogens is 1. The van der Waals surface area contributed by atoms with Crippen LogP contribution >= 0.6 is 15.9 Å². The van der Waals surface area contributed by atoms with Gasteiger partial charge in [0.05, 0.1) is 12.1 Å². The lowest BCUT2D eigenvalue weighted by atomic mass is 10.0. The number of fused-ring (bicyclic) bond motifs is 1. The van der Waals surface area contributed by atoms with Gasteiger partial charge in [-0.05, 0) is 40.9 Å². The van der Waals surface area contributed by atoms with Gasteiger partial charge in [0.25, 0.3) is 11.8 Å². The van der Waals surface area contributed by atoms with Crippen LogP contribution in [0.25, 0.3) is 11.6 Å². The van der Waals surface area contributed by atoms with Crippen molar-refractivity contribution in [3.05, 3.63) is 51.4 Å². The molecule has 3 aromatic rings. The predicted molar refractivity (Wildman–Crippen MR) is 101 cm³/mol. The Labute approximate surface area is 164 Å². The molecule has 0 spiro atoms.